The Labute approximate surface area is 136 Å². The zero-order valence-electron chi connectivity index (χ0n) is 13.9. The molecule has 0 radical (unpaired) electrons. The average Bonchev–Trinajstić information content (AvgIpc) is 2.97. The SMILES string of the molecule is COCCN(Cc1ccc(C)o1)C(=O)Cc1ccc(OC)cc1. The van der Waals surface area contributed by atoms with Crippen molar-refractivity contribution in [3.05, 3.63) is 53.5 Å². The summed E-state index contributed by atoms with van der Waals surface area (Å²) in [6, 6.07) is 11.3. The van der Waals surface area contributed by atoms with E-state index in [1.165, 1.54) is 0 Å². The minimum absolute atomic E-state index is 0.0428. The highest BCUT2D eigenvalue weighted by Crippen LogP contribution is 2.14. The maximum Gasteiger partial charge on any atom is 0.227 e. The van der Waals surface area contributed by atoms with Crippen LogP contribution in [0.1, 0.15) is 17.1 Å². The number of hydrogen-bond acceptors (Lipinski definition) is 4. The van der Waals surface area contributed by atoms with Crippen LogP contribution in [0.5, 0.6) is 5.75 Å². The van der Waals surface area contributed by atoms with Crippen molar-refractivity contribution in [3.63, 3.8) is 0 Å². The van der Waals surface area contributed by atoms with E-state index in [1.54, 1.807) is 19.1 Å². The van der Waals surface area contributed by atoms with Crippen LogP contribution in [0.4, 0.5) is 0 Å². The number of furan rings is 1. The topological polar surface area (TPSA) is 51.9 Å². The minimum Gasteiger partial charge on any atom is -0.497 e. The third kappa shape index (κ3) is 5.14. The van der Waals surface area contributed by atoms with E-state index in [0.29, 0.717) is 26.1 Å². The zero-order valence-corrected chi connectivity index (χ0v) is 13.9. The molecule has 0 unspecified atom stereocenters. The molecular formula is C18H23NO4. The standard InChI is InChI=1S/C18H23NO4/c1-14-4-7-17(23-14)13-19(10-11-21-2)18(20)12-15-5-8-16(22-3)9-6-15/h4-9H,10-13H2,1-3H3. The van der Waals surface area contributed by atoms with Crippen molar-refractivity contribution >= 4 is 5.91 Å². The highest BCUT2D eigenvalue weighted by atomic mass is 16.5. The van der Waals surface area contributed by atoms with Crippen LogP contribution in [0.25, 0.3) is 0 Å². The van der Waals surface area contributed by atoms with E-state index < -0.39 is 0 Å². The summed E-state index contributed by atoms with van der Waals surface area (Å²) < 4.78 is 15.8. The molecule has 0 saturated carbocycles. The van der Waals surface area contributed by atoms with E-state index in [4.69, 9.17) is 13.9 Å². The molecule has 0 aliphatic rings. The fourth-order valence-corrected chi connectivity index (χ4v) is 2.28. The molecule has 0 atom stereocenters. The van der Waals surface area contributed by atoms with E-state index in [9.17, 15) is 4.79 Å². The molecule has 5 heteroatoms. The van der Waals surface area contributed by atoms with E-state index in [0.717, 1.165) is 22.8 Å². The van der Waals surface area contributed by atoms with Crippen molar-refractivity contribution in [2.24, 2.45) is 0 Å². The molecule has 0 bridgehead atoms. The summed E-state index contributed by atoms with van der Waals surface area (Å²) in [6.45, 7) is 3.37. The van der Waals surface area contributed by atoms with Crippen LogP contribution in [0.3, 0.4) is 0 Å². The van der Waals surface area contributed by atoms with Crippen molar-refractivity contribution in [2.45, 2.75) is 19.9 Å². The van der Waals surface area contributed by atoms with Gasteiger partial charge in [-0.1, -0.05) is 12.1 Å². The summed E-state index contributed by atoms with van der Waals surface area (Å²) in [5.41, 5.74) is 0.953. The molecule has 0 N–H and O–H groups in total. The van der Waals surface area contributed by atoms with Crippen LogP contribution in [-0.4, -0.2) is 38.2 Å². The Bertz CT molecular complexity index is 618. The summed E-state index contributed by atoms with van der Waals surface area (Å²) in [5.74, 6) is 2.45. The van der Waals surface area contributed by atoms with Gasteiger partial charge in [-0.25, -0.2) is 0 Å². The lowest BCUT2D eigenvalue weighted by molar-refractivity contribution is -0.132. The van der Waals surface area contributed by atoms with Crippen LogP contribution >= 0.6 is 0 Å². The minimum atomic E-state index is 0.0428. The Morgan fingerprint density at radius 3 is 2.43 bits per heavy atom. The van der Waals surface area contributed by atoms with Crippen LogP contribution in [0, 0.1) is 6.92 Å². The van der Waals surface area contributed by atoms with Gasteiger partial charge in [0.25, 0.3) is 0 Å². The van der Waals surface area contributed by atoms with Crippen molar-refractivity contribution in [2.75, 3.05) is 27.4 Å². The molecule has 124 valence electrons. The highest BCUT2D eigenvalue weighted by Gasteiger charge is 2.16. The molecule has 0 aliphatic carbocycles. The summed E-state index contributed by atoms with van der Waals surface area (Å²) in [5, 5.41) is 0. The number of amides is 1. The van der Waals surface area contributed by atoms with Gasteiger partial charge in [0.1, 0.15) is 17.3 Å². The molecule has 1 heterocycles. The van der Waals surface area contributed by atoms with Crippen LogP contribution in [0.2, 0.25) is 0 Å². The number of benzene rings is 1. The fraction of sp³-hybridized carbons (Fsp3) is 0.389. The molecule has 1 aromatic carbocycles. The Morgan fingerprint density at radius 2 is 1.87 bits per heavy atom. The van der Waals surface area contributed by atoms with Gasteiger partial charge in [0.2, 0.25) is 5.91 Å². The van der Waals surface area contributed by atoms with Gasteiger partial charge in [-0.3, -0.25) is 4.79 Å². The van der Waals surface area contributed by atoms with E-state index in [2.05, 4.69) is 0 Å². The maximum atomic E-state index is 12.6. The summed E-state index contributed by atoms with van der Waals surface area (Å²) in [4.78, 5) is 14.3. The predicted molar refractivity (Wildman–Crippen MR) is 87.4 cm³/mol. The van der Waals surface area contributed by atoms with Crippen molar-refractivity contribution in [1.29, 1.82) is 0 Å². The van der Waals surface area contributed by atoms with Gasteiger partial charge in [-0.05, 0) is 36.8 Å². The Balaban J connectivity index is 2.02. The summed E-state index contributed by atoms with van der Waals surface area (Å²) in [7, 11) is 3.25. The molecular weight excluding hydrogens is 294 g/mol. The van der Waals surface area contributed by atoms with Crippen molar-refractivity contribution in [3.8, 4) is 5.75 Å². The van der Waals surface area contributed by atoms with Gasteiger partial charge in [-0.15, -0.1) is 0 Å². The monoisotopic (exact) mass is 317 g/mol. The molecule has 2 aromatic rings. The van der Waals surface area contributed by atoms with Crippen molar-refractivity contribution in [1.82, 2.24) is 4.90 Å². The molecule has 0 fully saturated rings. The van der Waals surface area contributed by atoms with Crippen LogP contribution in [0.15, 0.2) is 40.8 Å². The normalized spacial score (nSPS) is 10.6. The lowest BCUT2D eigenvalue weighted by Crippen LogP contribution is -2.34. The molecule has 23 heavy (non-hydrogen) atoms. The Morgan fingerprint density at radius 1 is 1.13 bits per heavy atom. The van der Waals surface area contributed by atoms with E-state index in [1.807, 2.05) is 43.3 Å². The lowest BCUT2D eigenvalue weighted by Gasteiger charge is -2.21. The summed E-state index contributed by atoms with van der Waals surface area (Å²) in [6.07, 6.45) is 0.341. The average molecular weight is 317 g/mol. The first-order valence-electron chi connectivity index (χ1n) is 7.57. The third-order valence-corrected chi connectivity index (χ3v) is 3.58. The second-order valence-corrected chi connectivity index (χ2v) is 5.35. The fourth-order valence-electron chi connectivity index (χ4n) is 2.28. The van der Waals surface area contributed by atoms with Crippen LogP contribution in [-0.2, 0) is 22.5 Å². The molecule has 0 aliphatic heterocycles. The number of carbonyl (C=O) groups excluding carboxylic acids is 1. The van der Waals surface area contributed by atoms with Crippen molar-refractivity contribution < 1.29 is 18.7 Å². The number of rotatable bonds is 8. The lowest BCUT2D eigenvalue weighted by atomic mass is 10.1. The Kier molecular flexibility index (Phi) is 6.23. The first kappa shape index (κ1) is 17.1. The van der Waals surface area contributed by atoms with Gasteiger partial charge in [0.05, 0.1) is 26.7 Å². The number of hydrogen-bond donors (Lipinski definition) is 0. The van der Waals surface area contributed by atoms with Gasteiger partial charge in [0.15, 0.2) is 0 Å². The summed E-state index contributed by atoms with van der Waals surface area (Å²) >= 11 is 0. The van der Waals surface area contributed by atoms with Gasteiger partial charge < -0.3 is 18.8 Å². The largest absolute Gasteiger partial charge is 0.497 e. The number of methoxy groups -OCH3 is 2. The molecule has 0 saturated heterocycles. The van der Waals surface area contributed by atoms with E-state index in [-0.39, 0.29) is 5.91 Å². The van der Waals surface area contributed by atoms with Gasteiger partial charge in [0, 0.05) is 13.7 Å². The molecule has 1 amide bonds. The second-order valence-electron chi connectivity index (χ2n) is 5.35. The molecule has 1 aromatic heterocycles. The highest BCUT2D eigenvalue weighted by molar-refractivity contribution is 5.78. The number of aryl methyl sites for hydroxylation is 1. The van der Waals surface area contributed by atoms with Crippen LogP contribution < -0.4 is 4.74 Å². The zero-order chi connectivity index (χ0) is 16.7. The molecule has 5 nitrogen and oxygen atoms in total. The second kappa shape index (κ2) is 8.39. The van der Waals surface area contributed by atoms with Gasteiger partial charge >= 0.3 is 0 Å². The number of ether oxygens (including phenoxy) is 2. The smallest absolute Gasteiger partial charge is 0.227 e. The number of carbonyl (C=O) groups is 1. The number of nitrogens with zero attached hydrogens (tertiary/aromatic N) is 1. The van der Waals surface area contributed by atoms with Gasteiger partial charge in [-0.2, -0.15) is 0 Å². The first-order chi connectivity index (χ1) is 11.1. The maximum absolute atomic E-state index is 12.6. The first-order valence-corrected chi connectivity index (χ1v) is 7.57. The molecule has 2 rings (SSSR count). The van der Waals surface area contributed by atoms with E-state index >= 15 is 0 Å². The third-order valence-electron chi connectivity index (χ3n) is 3.58. The molecule has 0 spiro atoms. The Hall–Kier alpha value is -2.27. The predicted octanol–water partition coefficient (Wildman–Crippen LogP) is 2.81. The quantitative estimate of drug-likeness (QED) is 0.751.